The van der Waals surface area contributed by atoms with Crippen LogP contribution in [0.15, 0.2) is 50.9 Å². The highest BCUT2D eigenvalue weighted by atomic mass is 32.2. The second kappa shape index (κ2) is 6.14. The number of anilines is 1. The Labute approximate surface area is 150 Å². The van der Waals surface area contributed by atoms with E-state index in [1.54, 1.807) is 31.2 Å². The molecule has 0 aliphatic carbocycles. The predicted octanol–water partition coefficient (Wildman–Crippen LogP) is 1.65. The second-order valence-electron chi connectivity index (χ2n) is 6.31. The number of nitrogens with zero attached hydrogens (tertiary/aromatic N) is 2. The van der Waals surface area contributed by atoms with Crippen LogP contribution in [-0.2, 0) is 24.1 Å². The van der Waals surface area contributed by atoms with Gasteiger partial charge in [0.15, 0.2) is 0 Å². The van der Waals surface area contributed by atoms with Crippen LogP contribution in [0, 0.1) is 13.8 Å². The van der Waals surface area contributed by atoms with Gasteiger partial charge < -0.3 is 9.13 Å². The first-order valence-electron chi connectivity index (χ1n) is 7.91. The molecule has 8 heteroatoms. The van der Waals surface area contributed by atoms with Gasteiger partial charge in [0.1, 0.15) is 0 Å². The van der Waals surface area contributed by atoms with Crippen molar-refractivity contribution in [2.45, 2.75) is 18.7 Å². The van der Waals surface area contributed by atoms with Crippen LogP contribution in [0.1, 0.15) is 11.1 Å². The zero-order valence-corrected chi connectivity index (χ0v) is 15.7. The molecule has 1 aromatic heterocycles. The van der Waals surface area contributed by atoms with Crippen molar-refractivity contribution in [1.82, 2.24) is 9.13 Å². The van der Waals surface area contributed by atoms with Gasteiger partial charge in [0.25, 0.3) is 10.0 Å². The van der Waals surface area contributed by atoms with E-state index < -0.39 is 21.1 Å². The number of nitrogens with one attached hydrogen (secondary N) is 1. The van der Waals surface area contributed by atoms with Crippen LogP contribution in [0.4, 0.5) is 5.69 Å². The molecule has 136 valence electrons. The fraction of sp³-hybridized carbons (Fsp3) is 0.222. The summed E-state index contributed by atoms with van der Waals surface area (Å²) in [6, 6.07) is 10.0. The molecule has 3 rings (SSSR count). The first kappa shape index (κ1) is 17.9. The highest BCUT2D eigenvalue weighted by molar-refractivity contribution is 7.92. The highest BCUT2D eigenvalue weighted by Crippen LogP contribution is 2.24. The first-order valence-corrected chi connectivity index (χ1v) is 9.40. The van der Waals surface area contributed by atoms with Gasteiger partial charge in [0.2, 0.25) is 0 Å². The Morgan fingerprint density at radius 2 is 1.46 bits per heavy atom. The summed E-state index contributed by atoms with van der Waals surface area (Å²) < 4.78 is 30.7. The van der Waals surface area contributed by atoms with Crippen molar-refractivity contribution in [3.63, 3.8) is 0 Å². The summed E-state index contributed by atoms with van der Waals surface area (Å²) in [5.41, 5.74) is 1.35. The molecule has 3 aromatic rings. The van der Waals surface area contributed by atoms with Crippen molar-refractivity contribution < 1.29 is 8.42 Å². The molecule has 0 radical (unpaired) electrons. The molecule has 0 spiro atoms. The van der Waals surface area contributed by atoms with E-state index >= 15 is 0 Å². The summed E-state index contributed by atoms with van der Waals surface area (Å²) in [6.07, 6.45) is 0. The van der Waals surface area contributed by atoms with Crippen LogP contribution in [0.2, 0.25) is 0 Å². The molecule has 0 unspecified atom stereocenters. The first-order chi connectivity index (χ1) is 12.1. The lowest BCUT2D eigenvalue weighted by Gasteiger charge is -2.15. The molecule has 0 aliphatic rings. The Balaban J connectivity index is 2.23. The van der Waals surface area contributed by atoms with Crippen molar-refractivity contribution >= 4 is 26.7 Å². The van der Waals surface area contributed by atoms with Crippen LogP contribution in [0.25, 0.3) is 11.0 Å². The summed E-state index contributed by atoms with van der Waals surface area (Å²) in [5, 5.41) is 0. The molecule has 0 saturated heterocycles. The van der Waals surface area contributed by atoms with Crippen molar-refractivity contribution in [2.24, 2.45) is 14.1 Å². The fourth-order valence-corrected chi connectivity index (χ4v) is 4.21. The number of fused-ring (bicyclic) bond motifs is 1. The lowest BCUT2D eigenvalue weighted by atomic mass is 10.2. The van der Waals surface area contributed by atoms with Gasteiger partial charge in [-0.3, -0.25) is 14.3 Å². The largest absolute Gasteiger partial charge is 0.316 e. The molecule has 26 heavy (non-hydrogen) atoms. The molecule has 0 aliphatic heterocycles. The number of benzene rings is 2. The van der Waals surface area contributed by atoms with Gasteiger partial charge in [0.05, 0.1) is 15.9 Å². The van der Waals surface area contributed by atoms with Gasteiger partial charge in [0, 0.05) is 19.8 Å². The maximum atomic E-state index is 12.9. The average Bonchev–Trinajstić information content (AvgIpc) is 2.57. The van der Waals surface area contributed by atoms with E-state index in [4.69, 9.17) is 0 Å². The van der Waals surface area contributed by atoms with E-state index in [0.717, 1.165) is 5.56 Å². The number of hydrogen-bond acceptors (Lipinski definition) is 4. The fourth-order valence-electron chi connectivity index (χ4n) is 2.91. The standard InChI is InChI=1S/C18H19N3O4S/c1-11-6-5-7-13(8-11)19-26(24,25)16-10-15-14(9-12(16)2)20(3)17(22)18(23)21(15)4/h5-10,19H,1-4H3. The number of sulfonamides is 1. The minimum Gasteiger partial charge on any atom is -0.305 e. The minimum absolute atomic E-state index is 0.0557. The third-order valence-electron chi connectivity index (χ3n) is 4.35. The highest BCUT2D eigenvalue weighted by Gasteiger charge is 2.20. The molecule has 2 aromatic carbocycles. The maximum Gasteiger partial charge on any atom is 0.316 e. The SMILES string of the molecule is Cc1cccc(NS(=O)(=O)c2cc3c(cc2C)n(C)c(=O)c(=O)n3C)c1. The minimum atomic E-state index is -3.86. The van der Waals surface area contributed by atoms with Gasteiger partial charge in [-0.15, -0.1) is 0 Å². The van der Waals surface area contributed by atoms with E-state index in [1.165, 1.54) is 29.3 Å². The maximum absolute atomic E-state index is 12.9. The van der Waals surface area contributed by atoms with Gasteiger partial charge in [-0.05, 0) is 49.2 Å². The van der Waals surface area contributed by atoms with E-state index in [2.05, 4.69) is 4.72 Å². The van der Waals surface area contributed by atoms with Crippen LogP contribution in [-0.4, -0.2) is 17.6 Å². The van der Waals surface area contributed by atoms with Crippen molar-refractivity contribution in [3.8, 4) is 0 Å². The quantitative estimate of drug-likeness (QED) is 0.707. The lowest BCUT2D eigenvalue weighted by Crippen LogP contribution is -2.39. The molecule has 1 N–H and O–H groups in total. The van der Waals surface area contributed by atoms with E-state index in [9.17, 15) is 18.0 Å². The Hall–Kier alpha value is -2.87. The summed E-state index contributed by atoms with van der Waals surface area (Å²) in [7, 11) is -0.917. The second-order valence-corrected chi connectivity index (χ2v) is 7.96. The Morgan fingerprint density at radius 3 is 2.04 bits per heavy atom. The molecular weight excluding hydrogens is 354 g/mol. The zero-order chi connectivity index (χ0) is 19.2. The molecule has 7 nitrogen and oxygen atoms in total. The number of aromatic nitrogens is 2. The van der Waals surface area contributed by atoms with Crippen molar-refractivity contribution in [3.05, 3.63) is 68.2 Å². The van der Waals surface area contributed by atoms with Crippen molar-refractivity contribution in [1.29, 1.82) is 0 Å². The van der Waals surface area contributed by atoms with Crippen molar-refractivity contribution in [2.75, 3.05) is 4.72 Å². The number of rotatable bonds is 3. The Morgan fingerprint density at radius 1 is 0.885 bits per heavy atom. The Kier molecular flexibility index (Phi) is 4.23. The van der Waals surface area contributed by atoms with Gasteiger partial charge >= 0.3 is 11.1 Å². The van der Waals surface area contributed by atoms with Crippen LogP contribution >= 0.6 is 0 Å². The summed E-state index contributed by atoms with van der Waals surface area (Å²) in [5.74, 6) is 0. The predicted molar refractivity (Wildman–Crippen MR) is 101 cm³/mol. The van der Waals surface area contributed by atoms with Gasteiger partial charge in [-0.2, -0.15) is 0 Å². The van der Waals surface area contributed by atoms with E-state index in [-0.39, 0.29) is 4.90 Å². The van der Waals surface area contributed by atoms with Crippen LogP contribution in [0.5, 0.6) is 0 Å². The summed E-state index contributed by atoms with van der Waals surface area (Å²) in [6.45, 7) is 3.52. The smallest absolute Gasteiger partial charge is 0.305 e. The summed E-state index contributed by atoms with van der Waals surface area (Å²) in [4.78, 5) is 24.1. The monoisotopic (exact) mass is 373 g/mol. The summed E-state index contributed by atoms with van der Waals surface area (Å²) >= 11 is 0. The van der Waals surface area contributed by atoms with Gasteiger partial charge in [-0.1, -0.05) is 12.1 Å². The molecule has 0 fully saturated rings. The topological polar surface area (TPSA) is 90.2 Å². The van der Waals surface area contributed by atoms with Crippen LogP contribution in [0.3, 0.4) is 0 Å². The number of aryl methyl sites for hydroxylation is 4. The molecule has 0 atom stereocenters. The molecule has 0 amide bonds. The van der Waals surface area contributed by atoms with Crippen LogP contribution < -0.4 is 15.8 Å². The Bertz CT molecular complexity index is 1250. The van der Waals surface area contributed by atoms with E-state index in [1.807, 2.05) is 13.0 Å². The number of hydrogen-bond donors (Lipinski definition) is 1. The zero-order valence-electron chi connectivity index (χ0n) is 14.9. The normalized spacial score (nSPS) is 11.7. The molecular formula is C18H19N3O4S. The molecule has 0 saturated carbocycles. The molecule has 1 heterocycles. The van der Waals surface area contributed by atoms with Gasteiger partial charge in [-0.25, -0.2) is 8.42 Å². The lowest BCUT2D eigenvalue weighted by molar-refractivity contribution is 0.600. The average molecular weight is 373 g/mol. The third-order valence-corrected chi connectivity index (χ3v) is 5.87. The third kappa shape index (κ3) is 2.92. The molecule has 0 bridgehead atoms. The van der Waals surface area contributed by atoms with E-state index in [0.29, 0.717) is 22.3 Å².